The fourth-order valence-corrected chi connectivity index (χ4v) is 7.43. The fraction of sp³-hybridized carbons (Fsp3) is 0.294. The van der Waals surface area contributed by atoms with Crippen LogP contribution in [0.4, 0.5) is 0 Å². The summed E-state index contributed by atoms with van der Waals surface area (Å²) in [4.78, 5) is 0. The summed E-state index contributed by atoms with van der Waals surface area (Å²) in [5.74, 6) is 0. The van der Waals surface area contributed by atoms with Gasteiger partial charge in [0.25, 0.3) is 0 Å². The van der Waals surface area contributed by atoms with Crippen LogP contribution in [-0.2, 0) is 22.7 Å². The lowest BCUT2D eigenvalue weighted by Crippen LogP contribution is -2.34. The van der Waals surface area contributed by atoms with Crippen LogP contribution in [-0.4, -0.2) is 14.9 Å². The molecule has 0 aromatic heterocycles. The number of fused-ring (bicyclic) bond motifs is 6. The Bertz CT molecular complexity index is 1350. The van der Waals surface area contributed by atoms with Gasteiger partial charge in [0.2, 0.25) is 0 Å². The van der Waals surface area contributed by atoms with Crippen molar-refractivity contribution in [2.75, 3.05) is 6.61 Å². The molecule has 2 aliphatic rings. The highest BCUT2D eigenvalue weighted by Crippen LogP contribution is 2.50. The number of benzene rings is 4. The summed E-state index contributed by atoms with van der Waals surface area (Å²) in [6.07, 6.45) is 4.11. The van der Waals surface area contributed by atoms with Crippen molar-refractivity contribution in [1.82, 2.24) is 0 Å². The van der Waals surface area contributed by atoms with Gasteiger partial charge in [0.05, 0.1) is 0 Å². The maximum atomic E-state index is 6.53. The van der Waals surface area contributed by atoms with Crippen LogP contribution in [0.15, 0.2) is 84.9 Å². The van der Waals surface area contributed by atoms with Crippen LogP contribution >= 0.6 is 0 Å². The molecule has 0 fully saturated rings. The zero-order valence-corrected chi connectivity index (χ0v) is 23.0. The molecule has 2 heteroatoms. The normalized spacial score (nSPS) is 13.8. The van der Waals surface area contributed by atoms with E-state index in [0.29, 0.717) is 0 Å². The highest BCUT2D eigenvalue weighted by molar-refractivity contribution is 6.69. The topological polar surface area (TPSA) is 9.23 Å². The molecule has 182 valence electrons. The minimum absolute atomic E-state index is 0.0829. The molecule has 0 radical (unpaired) electrons. The number of hydrogen-bond acceptors (Lipinski definition) is 1. The molecule has 0 heterocycles. The molecular weight excluding hydrogens is 452 g/mol. The fourth-order valence-electron chi connectivity index (χ4n) is 6.71. The molecule has 0 bridgehead atoms. The Morgan fingerprint density at radius 1 is 0.639 bits per heavy atom. The Balaban J connectivity index is 1.54. The molecule has 4 aromatic rings. The molecular formula is C34H36OSi. The van der Waals surface area contributed by atoms with E-state index >= 15 is 0 Å². The molecule has 1 nitrogen and oxygen atoms in total. The van der Waals surface area contributed by atoms with Crippen LogP contribution in [0, 0.1) is 0 Å². The molecule has 0 spiro atoms. The smallest absolute Gasteiger partial charge is 0.183 e. The minimum atomic E-state index is -1.62. The van der Waals surface area contributed by atoms with Crippen molar-refractivity contribution in [3.05, 3.63) is 118 Å². The predicted octanol–water partition coefficient (Wildman–Crippen LogP) is 8.77. The third-order valence-electron chi connectivity index (χ3n) is 8.40. The molecule has 0 atom stereocenters. The first-order valence-electron chi connectivity index (χ1n) is 13.5. The van der Waals surface area contributed by atoms with Gasteiger partial charge < -0.3 is 4.43 Å². The second-order valence-electron chi connectivity index (χ2n) is 11.5. The highest BCUT2D eigenvalue weighted by Gasteiger charge is 2.39. The molecule has 4 aromatic carbocycles. The van der Waals surface area contributed by atoms with E-state index in [4.69, 9.17) is 4.43 Å². The van der Waals surface area contributed by atoms with E-state index in [1.165, 1.54) is 55.6 Å². The Morgan fingerprint density at radius 2 is 1.11 bits per heavy atom. The average Bonchev–Trinajstić information content (AvgIpc) is 3.45. The predicted molar refractivity (Wildman–Crippen MR) is 154 cm³/mol. The zero-order chi connectivity index (χ0) is 24.9. The molecule has 36 heavy (non-hydrogen) atoms. The van der Waals surface area contributed by atoms with Crippen LogP contribution < -0.4 is 0 Å². The summed E-state index contributed by atoms with van der Waals surface area (Å²) in [6.45, 7) is 10.1. The lowest BCUT2D eigenvalue weighted by atomic mass is 9.66. The van der Waals surface area contributed by atoms with Gasteiger partial charge in [-0.2, -0.15) is 0 Å². The lowest BCUT2D eigenvalue weighted by Gasteiger charge is -2.38. The van der Waals surface area contributed by atoms with Gasteiger partial charge in [0.1, 0.15) is 0 Å². The SMILES string of the molecule is CCC(CCO[Si](C)(C)C)(c1cccc2c1Cc1ccccc1-2)c1cccc2c1Cc1ccccc1-2. The molecule has 0 amide bonds. The lowest BCUT2D eigenvalue weighted by molar-refractivity contribution is 0.263. The van der Waals surface area contributed by atoms with Crippen LogP contribution in [0.2, 0.25) is 19.6 Å². The van der Waals surface area contributed by atoms with Crippen LogP contribution in [0.1, 0.15) is 53.1 Å². The van der Waals surface area contributed by atoms with Crippen LogP contribution in [0.3, 0.4) is 0 Å². The van der Waals surface area contributed by atoms with Crippen molar-refractivity contribution in [3.63, 3.8) is 0 Å². The first-order valence-corrected chi connectivity index (χ1v) is 16.9. The van der Waals surface area contributed by atoms with Crippen molar-refractivity contribution in [2.24, 2.45) is 0 Å². The van der Waals surface area contributed by atoms with Gasteiger partial charge in [0, 0.05) is 12.0 Å². The van der Waals surface area contributed by atoms with E-state index < -0.39 is 8.32 Å². The third-order valence-corrected chi connectivity index (χ3v) is 9.47. The summed E-state index contributed by atoms with van der Waals surface area (Å²) >= 11 is 0. The van der Waals surface area contributed by atoms with Gasteiger partial charge in [-0.1, -0.05) is 91.9 Å². The first kappa shape index (κ1) is 23.5. The van der Waals surface area contributed by atoms with Crippen molar-refractivity contribution >= 4 is 8.32 Å². The van der Waals surface area contributed by atoms with Crippen molar-refractivity contribution in [2.45, 2.75) is 57.7 Å². The Morgan fingerprint density at radius 3 is 1.58 bits per heavy atom. The summed E-state index contributed by atoms with van der Waals surface area (Å²) in [6, 6.07) is 32.0. The van der Waals surface area contributed by atoms with Crippen molar-refractivity contribution in [3.8, 4) is 22.3 Å². The van der Waals surface area contributed by atoms with Gasteiger partial charge in [-0.25, -0.2) is 0 Å². The van der Waals surface area contributed by atoms with E-state index in [1.54, 1.807) is 0 Å². The molecule has 2 aliphatic carbocycles. The summed E-state index contributed by atoms with van der Waals surface area (Å²) in [5, 5.41) is 0. The van der Waals surface area contributed by atoms with E-state index in [0.717, 1.165) is 32.3 Å². The van der Waals surface area contributed by atoms with Crippen LogP contribution in [0.25, 0.3) is 22.3 Å². The Labute approximate surface area is 217 Å². The Kier molecular flexibility index (Phi) is 5.78. The van der Waals surface area contributed by atoms with E-state index in [-0.39, 0.29) is 5.41 Å². The zero-order valence-electron chi connectivity index (χ0n) is 22.0. The summed E-state index contributed by atoms with van der Waals surface area (Å²) < 4.78 is 6.53. The molecule has 0 aliphatic heterocycles. The average molecular weight is 489 g/mol. The molecule has 0 unspecified atom stereocenters. The maximum Gasteiger partial charge on any atom is 0.183 e. The quantitative estimate of drug-likeness (QED) is 0.204. The monoisotopic (exact) mass is 488 g/mol. The first-order chi connectivity index (χ1) is 17.4. The van der Waals surface area contributed by atoms with E-state index in [9.17, 15) is 0 Å². The largest absolute Gasteiger partial charge is 0.418 e. The molecule has 0 saturated carbocycles. The van der Waals surface area contributed by atoms with Crippen molar-refractivity contribution in [1.29, 1.82) is 0 Å². The summed E-state index contributed by atoms with van der Waals surface area (Å²) in [5.41, 5.74) is 14.5. The second kappa shape index (κ2) is 8.87. The van der Waals surface area contributed by atoms with Gasteiger partial charge in [-0.15, -0.1) is 0 Å². The Hall–Kier alpha value is -2.94. The molecule has 0 N–H and O–H groups in total. The molecule has 0 saturated heterocycles. The standard InChI is InChI=1S/C34H36OSi/c1-5-34(20-21-35-36(2,3)4,32-18-10-16-28-26-14-8-6-12-24(26)22-30(28)32)33-19-11-17-29-27-15-9-7-13-25(27)23-31(29)33/h6-19H,5,20-23H2,1-4H3. The van der Waals surface area contributed by atoms with E-state index in [1.807, 2.05) is 0 Å². The number of hydrogen-bond donors (Lipinski definition) is 0. The third kappa shape index (κ3) is 3.79. The molecule has 6 rings (SSSR count). The van der Waals surface area contributed by atoms with Gasteiger partial charge >= 0.3 is 0 Å². The van der Waals surface area contributed by atoms with Crippen LogP contribution in [0.5, 0.6) is 0 Å². The van der Waals surface area contributed by atoms with E-state index in [2.05, 4.69) is 111 Å². The van der Waals surface area contributed by atoms with Crippen molar-refractivity contribution < 1.29 is 4.43 Å². The van der Waals surface area contributed by atoms with Gasteiger partial charge in [0.15, 0.2) is 8.32 Å². The number of rotatable bonds is 7. The second-order valence-corrected chi connectivity index (χ2v) is 16.0. The minimum Gasteiger partial charge on any atom is -0.418 e. The van der Waals surface area contributed by atoms with Gasteiger partial charge in [-0.05, 0) is 101 Å². The maximum absolute atomic E-state index is 6.53. The van der Waals surface area contributed by atoms with Gasteiger partial charge in [-0.3, -0.25) is 0 Å². The summed E-state index contributed by atoms with van der Waals surface area (Å²) in [7, 11) is -1.62. The highest BCUT2D eigenvalue weighted by atomic mass is 28.4.